The monoisotopic (exact) mass is 278 g/mol. The molecule has 0 aliphatic carbocycles. The van der Waals surface area contributed by atoms with Crippen LogP contribution in [0.2, 0.25) is 0 Å². The van der Waals surface area contributed by atoms with Crippen LogP contribution < -0.4 is 21.7 Å². The van der Waals surface area contributed by atoms with E-state index in [0.717, 1.165) is 6.42 Å². The molecule has 0 spiro atoms. The average molecular weight is 278 g/mol. The van der Waals surface area contributed by atoms with E-state index in [2.05, 4.69) is 16.0 Å². The number of primary amides is 1. The summed E-state index contributed by atoms with van der Waals surface area (Å²) < 4.78 is 0. The van der Waals surface area contributed by atoms with Gasteiger partial charge in [0.25, 0.3) is 0 Å². The van der Waals surface area contributed by atoms with Crippen LogP contribution in [-0.4, -0.2) is 30.9 Å². The summed E-state index contributed by atoms with van der Waals surface area (Å²) in [7, 11) is 0. The Bertz CT molecular complexity index is 485. The van der Waals surface area contributed by atoms with Gasteiger partial charge in [0.15, 0.2) is 0 Å². The Hall–Kier alpha value is -2.57. The first kappa shape index (κ1) is 15.5. The molecule has 0 radical (unpaired) electrons. The van der Waals surface area contributed by atoms with Gasteiger partial charge in [0.05, 0.1) is 6.54 Å². The van der Waals surface area contributed by atoms with Crippen molar-refractivity contribution in [2.75, 3.05) is 18.4 Å². The molecule has 1 aromatic rings. The van der Waals surface area contributed by atoms with E-state index in [4.69, 9.17) is 5.73 Å². The number of carbonyl (C=O) groups is 3. The van der Waals surface area contributed by atoms with Crippen molar-refractivity contribution in [3.63, 3.8) is 0 Å². The summed E-state index contributed by atoms with van der Waals surface area (Å²) in [5.74, 6) is -0.959. The Kier molecular flexibility index (Phi) is 6.02. The zero-order chi connectivity index (χ0) is 15.0. The van der Waals surface area contributed by atoms with E-state index in [9.17, 15) is 14.4 Å². The van der Waals surface area contributed by atoms with Crippen LogP contribution in [0.3, 0.4) is 0 Å². The number of nitrogens with two attached hydrogens (primary N) is 1. The molecule has 0 atom stereocenters. The van der Waals surface area contributed by atoms with E-state index >= 15 is 0 Å². The Balaban J connectivity index is 2.37. The second-order valence-corrected chi connectivity index (χ2v) is 4.10. The van der Waals surface area contributed by atoms with Crippen LogP contribution in [0.1, 0.15) is 23.7 Å². The van der Waals surface area contributed by atoms with Gasteiger partial charge in [-0.1, -0.05) is 6.92 Å². The smallest absolute Gasteiger partial charge is 0.321 e. The third kappa shape index (κ3) is 5.38. The van der Waals surface area contributed by atoms with Crippen LogP contribution in [0.25, 0.3) is 0 Å². The fraction of sp³-hybridized carbons (Fsp3) is 0.308. The van der Waals surface area contributed by atoms with Gasteiger partial charge >= 0.3 is 6.03 Å². The van der Waals surface area contributed by atoms with E-state index in [1.807, 2.05) is 6.92 Å². The van der Waals surface area contributed by atoms with E-state index < -0.39 is 17.8 Å². The van der Waals surface area contributed by atoms with Gasteiger partial charge in [-0.2, -0.15) is 0 Å². The predicted octanol–water partition coefficient (Wildman–Crippen LogP) is 0.433. The number of rotatable bonds is 6. The zero-order valence-corrected chi connectivity index (χ0v) is 11.2. The molecular formula is C13H18N4O3. The van der Waals surface area contributed by atoms with Crippen molar-refractivity contribution < 1.29 is 14.4 Å². The number of anilines is 1. The van der Waals surface area contributed by atoms with Crippen molar-refractivity contribution >= 4 is 23.5 Å². The lowest BCUT2D eigenvalue weighted by atomic mass is 10.2. The van der Waals surface area contributed by atoms with Gasteiger partial charge in [0, 0.05) is 17.8 Å². The third-order valence-corrected chi connectivity index (χ3v) is 2.41. The van der Waals surface area contributed by atoms with Crippen LogP contribution in [0.5, 0.6) is 0 Å². The molecule has 0 saturated carbocycles. The summed E-state index contributed by atoms with van der Waals surface area (Å²) >= 11 is 0. The standard InChI is InChI=1S/C13H18N4O3/c1-2-7-15-13(20)17-11(18)8-16-10-5-3-9(4-6-10)12(14)19/h3-6,16H,2,7-8H2,1H3,(H2,14,19)(H2,15,17,18,20). The largest absolute Gasteiger partial charge is 0.376 e. The molecule has 1 rings (SSSR count). The highest BCUT2D eigenvalue weighted by atomic mass is 16.2. The Morgan fingerprint density at radius 2 is 1.80 bits per heavy atom. The highest BCUT2D eigenvalue weighted by Gasteiger charge is 2.06. The lowest BCUT2D eigenvalue weighted by molar-refractivity contribution is -0.118. The molecule has 0 aliphatic rings. The molecule has 20 heavy (non-hydrogen) atoms. The number of hydrogen-bond donors (Lipinski definition) is 4. The average Bonchev–Trinajstić information content (AvgIpc) is 2.43. The minimum absolute atomic E-state index is 0.0462. The Labute approximate surface area is 116 Å². The van der Waals surface area contributed by atoms with Crippen molar-refractivity contribution in [2.24, 2.45) is 5.73 Å². The molecule has 0 bridgehead atoms. The van der Waals surface area contributed by atoms with Crippen LogP contribution in [0.4, 0.5) is 10.5 Å². The summed E-state index contributed by atoms with van der Waals surface area (Å²) in [4.78, 5) is 33.6. The van der Waals surface area contributed by atoms with Gasteiger partial charge < -0.3 is 16.4 Å². The molecule has 0 fully saturated rings. The van der Waals surface area contributed by atoms with Crippen molar-refractivity contribution in [1.29, 1.82) is 0 Å². The van der Waals surface area contributed by atoms with Gasteiger partial charge in [-0.15, -0.1) is 0 Å². The topological polar surface area (TPSA) is 113 Å². The van der Waals surface area contributed by atoms with Gasteiger partial charge in [-0.25, -0.2) is 4.79 Å². The van der Waals surface area contributed by atoms with E-state index in [0.29, 0.717) is 17.8 Å². The maximum absolute atomic E-state index is 11.5. The Morgan fingerprint density at radius 3 is 2.35 bits per heavy atom. The summed E-state index contributed by atoms with van der Waals surface area (Å²) in [5.41, 5.74) is 6.15. The fourth-order valence-corrected chi connectivity index (χ4v) is 1.39. The molecule has 7 nitrogen and oxygen atoms in total. The van der Waals surface area contributed by atoms with Crippen LogP contribution in [0.15, 0.2) is 24.3 Å². The van der Waals surface area contributed by atoms with Gasteiger partial charge in [-0.3, -0.25) is 14.9 Å². The zero-order valence-electron chi connectivity index (χ0n) is 11.2. The molecule has 1 aromatic carbocycles. The van der Waals surface area contributed by atoms with E-state index in [1.54, 1.807) is 24.3 Å². The van der Waals surface area contributed by atoms with Crippen molar-refractivity contribution in [3.05, 3.63) is 29.8 Å². The number of carbonyl (C=O) groups excluding carboxylic acids is 3. The second kappa shape index (κ2) is 7.78. The van der Waals surface area contributed by atoms with E-state index in [-0.39, 0.29) is 6.54 Å². The summed E-state index contributed by atoms with van der Waals surface area (Å²) in [5, 5.41) is 7.55. The number of imide groups is 1. The van der Waals surface area contributed by atoms with Crippen molar-refractivity contribution in [2.45, 2.75) is 13.3 Å². The van der Waals surface area contributed by atoms with E-state index in [1.165, 1.54) is 0 Å². The minimum Gasteiger partial charge on any atom is -0.376 e. The quantitative estimate of drug-likeness (QED) is 0.604. The van der Waals surface area contributed by atoms with Crippen molar-refractivity contribution in [1.82, 2.24) is 10.6 Å². The second-order valence-electron chi connectivity index (χ2n) is 4.10. The molecule has 4 amide bonds. The third-order valence-electron chi connectivity index (χ3n) is 2.41. The van der Waals surface area contributed by atoms with Gasteiger partial charge in [0.2, 0.25) is 11.8 Å². The Morgan fingerprint density at radius 1 is 1.15 bits per heavy atom. The fourth-order valence-electron chi connectivity index (χ4n) is 1.39. The van der Waals surface area contributed by atoms with Gasteiger partial charge in [0.1, 0.15) is 0 Å². The highest BCUT2D eigenvalue weighted by molar-refractivity contribution is 5.96. The molecule has 7 heteroatoms. The van der Waals surface area contributed by atoms with Crippen LogP contribution in [0, 0.1) is 0 Å². The number of nitrogens with one attached hydrogen (secondary N) is 3. The number of urea groups is 1. The molecule has 0 aromatic heterocycles. The lowest BCUT2D eigenvalue weighted by Gasteiger charge is -2.08. The first-order valence-corrected chi connectivity index (χ1v) is 6.24. The number of hydrogen-bond acceptors (Lipinski definition) is 4. The SMILES string of the molecule is CCCNC(=O)NC(=O)CNc1ccc(C(N)=O)cc1. The van der Waals surface area contributed by atoms with Crippen LogP contribution in [-0.2, 0) is 4.79 Å². The first-order chi connectivity index (χ1) is 9.52. The molecule has 0 saturated heterocycles. The lowest BCUT2D eigenvalue weighted by Crippen LogP contribution is -2.42. The summed E-state index contributed by atoms with van der Waals surface area (Å²) in [6.45, 7) is 2.38. The number of amides is 4. The molecule has 0 heterocycles. The molecule has 0 unspecified atom stereocenters. The summed E-state index contributed by atoms with van der Waals surface area (Å²) in [6.07, 6.45) is 0.798. The minimum atomic E-state index is -0.512. The van der Waals surface area contributed by atoms with Gasteiger partial charge in [-0.05, 0) is 30.7 Å². The molecule has 5 N–H and O–H groups in total. The maximum Gasteiger partial charge on any atom is 0.321 e. The highest BCUT2D eigenvalue weighted by Crippen LogP contribution is 2.08. The maximum atomic E-state index is 11.5. The summed E-state index contributed by atoms with van der Waals surface area (Å²) in [6, 6.07) is 5.85. The molecular weight excluding hydrogens is 260 g/mol. The number of benzene rings is 1. The first-order valence-electron chi connectivity index (χ1n) is 6.24. The van der Waals surface area contributed by atoms with Crippen molar-refractivity contribution in [3.8, 4) is 0 Å². The molecule has 0 aliphatic heterocycles. The van der Waals surface area contributed by atoms with Crippen LogP contribution >= 0.6 is 0 Å². The normalized spacial score (nSPS) is 9.65. The predicted molar refractivity (Wildman–Crippen MR) is 75.3 cm³/mol. The molecule has 108 valence electrons.